The van der Waals surface area contributed by atoms with Crippen LogP contribution in [-0.2, 0) is 22.3 Å². The number of ether oxygens (including phenoxy) is 2. The molecule has 0 radical (unpaired) electrons. The van der Waals surface area contributed by atoms with Crippen molar-refractivity contribution >= 4 is 0 Å². The smallest absolute Gasteiger partial charge is 0.110 e. The molecular weight excluding hydrogens is 416 g/mol. The molecule has 5 nitrogen and oxygen atoms in total. The summed E-state index contributed by atoms with van der Waals surface area (Å²) in [4.78, 5) is 0. The van der Waals surface area contributed by atoms with Gasteiger partial charge in [0.25, 0.3) is 0 Å². The van der Waals surface area contributed by atoms with Crippen LogP contribution in [0.15, 0.2) is 42.5 Å². The van der Waals surface area contributed by atoms with Crippen molar-refractivity contribution in [2.45, 2.75) is 83.2 Å². The van der Waals surface area contributed by atoms with Gasteiger partial charge in [0, 0.05) is 13.0 Å². The molecule has 1 aliphatic heterocycles. The second kappa shape index (κ2) is 12.6. The Hall–Kier alpha value is -1.76. The molecular formula is C28H40O5. The lowest BCUT2D eigenvalue weighted by molar-refractivity contribution is -0.181. The minimum Gasteiger partial charge on any atom is -0.394 e. The van der Waals surface area contributed by atoms with Crippen molar-refractivity contribution < 1.29 is 24.8 Å². The molecule has 4 atom stereocenters. The van der Waals surface area contributed by atoms with E-state index >= 15 is 0 Å². The maximum atomic E-state index is 10.2. The highest BCUT2D eigenvalue weighted by Gasteiger charge is 2.37. The molecule has 2 aromatic carbocycles. The average Bonchev–Trinajstić information content (AvgIpc) is 3.69. The van der Waals surface area contributed by atoms with Gasteiger partial charge in [-0.2, -0.15) is 0 Å². The Labute approximate surface area is 198 Å². The third-order valence-corrected chi connectivity index (χ3v) is 6.46. The molecule has 4 rings (SSSR count). The summed E-state index contributed by atoms with van der Waals surface area (Å²) in [5, 5.41) is 29.8. The Kier molecular flexibility index (Phi) is 9.90. The van der Waals surface area contributed by atoms with Crippen molar-refractivity contribution in [3.63, 3.8) is 0 Å². The molecule has 0 aromatic heterocycles. The van der Waals surface area contributed by atoms with E-state index in [9.17, 15) is 15.3 Å². The Bertz CT molecular complexity index is 846. The van der Waals surface area contributed by atoms with Gasteiger partial charge in [0.2, 0.25) is 0 Å². The Morgan fingerprint density at radius 3 is 2.33 bits per heavy atom. The van der Waals surface area contributed by atoms with E-state index in [0.29, 0.717) is 12.3 Å². The summed E-state index contributed by atoms with van der Waals surface area (Å²) in [5.41, 5.74) is 6.25. The van der Waals surface area contributed by atoms with Crippen molar-refractivity contribution in [3.05, 3.63) is 70.3 Å². The van der Waals surface area contributed by atoms with E-state index in [4.69, 9.17) is 9.47 Å². The van der Waals surface area contributed by atoms with Crippen molar-refractivity contribution in [1.29, 1.82) is 0 Å². The van der Waals surface area contributed by atoms with Gasteiger partial charge in [0.1, 0.15) is 12.2 Å². The number of aliphatic hydroxyl groups excluding tert-OH is 3. The number of hydrogen-bond donors (Lipinski definition) is 3. The SMILES string of the molecule is CC.CCOCCc1ccc(Cc2cc([C@H]3C[C@@H](O)[C@H](O)[C@@H](CO)O3)ccc2C2CC2)cc1. The van der Waals surface area contributed by atoms with Crippen LogP contribution >= 0.6 is 0 Å². The van der Waals surface area contributed by atoms with Gasteiger partial charge in [0.15, 0.2) is 0 Å². The van der Waals surface area contributed by atoms with Gasteiger partial charge in [-0.05, 0) is 66.3 Å². The fourth-order valence-corrected chi connectivity index (χ4v) is 4.47. The van der Waals surface area contributed by atoms with Gasteiger partial charge in [-0.1, -0.05) is 56.3 Å². The zero-order chi connectivity index (χ0) is 23.8. The van der Waals surface area contributed by atoms with Crippen molar-refractivity contribution in [3.8, 4) is 0 Å². The molecule has 0 spiro atoms. The molecule has 33 heavy (non-hydrogen) atoms. The van der Waals surface area contributed by atoms with Crippen LogP contribution in [0, 0.1) is 0 Å². The molecule has 182 valence electrons. The second-order valence-electron chi connectivity index (χ2n) is 8.81. The van der Waals surface area contributed by atoms with Crippen LogP contribution in [0.3, 0.4) is 0 Å². The van der Waals surface area contributed by atoms with Gasteiger partial charge in [0.05, 0.1) is 25.4 Å². The number of benzene rings is 2. The molecule has 2 aromatic rings. The quantitative estimate of drug-likeness (QED) is 0.490. The number of rotatable bonds is 9. The summed E-state index contributed by atoms with van der Waals surface area (Å²) >= 11 is 0. The van der Waals surface area contributed by atoms with E-state index in [1.807, 2.05) is 20.8 Å². The average molecular weight is 457 g/mol. The molecule has 2 aliphatic rings. The van der Waals surface area contributed by atoms with Gasteiger partial charge in [-0.25, -0.2) is 0 Å². The summed E-state index contributed by atoms with van der Waals surface area (Å²) in [7, 11) is 0. The van der Waals surface area contributed by atoms with Crippen LogP contribution < -0.4 is 0 Å². The first kappa shape index (κ1) is 25.9. The third-order valence-electron chi connectivity index (χ3n) is 6.46. The highest BCUT2D eigenvalue weighted by atomic mass is 16.5. The normalized spacial score (nSPS) is 24.8. The summed E-state index contributed by atoms with van der Waals surface area (Å²) in [6.07, 6.45) is 1.55. The van der Waals surface area contributed by atoms with Crippen LogP contribution in [-0.4, -0.2) is 53.5 Å². The van der Waals surface area contributed by atoms with Gasteiger partial charge >= 0.3 is 0 Å². The molecule has 5 heteroatoms. The Balaban J connectivity index is 0.00000149. The monoisotopic (exact) mass is 456 g/mol. The lowest BCUT2D eigenvalue weighted by atomic mass is 9.89. The van der Waals surface area contributed by atoms with Crippen LogP contribution in [0.2, 0.25) is 0 Å². The summed E-state index contributed by atoms with van der Waals surface area (Å²) in [5.74, 6) is 0.638. The van der Waals surface area contributed by atoms with Gasteiger partial charge in [-0.3, -0.25) is 0 Å². The van der Waals surface area contributed by atoms with Crippen molar-refractivity contribution in [1.82, 2.24) is 0 Å². The summed E-state index contributed by atoms with van der Waals surface area (Å²) in [6, 6.07) is 15.2. The van der Waals surface area contributed by atoms with E-state index < -0.39 is 18.3 Å². The highest BCUT2D eigenvalue weighted by molar-refractivity contribution is 5.41. The molecule has 1 aliphatic carbocycles. The molecule has 0 amide bonds. The van der Waals surface area contributed by atoms with Crippen LogP contribution in [0.1, 0.15) is 79.9 Å². The topological polar surface area (TPSA) is 79.2 Å². The van der Waals surface area contributed by atoms with Crippen molar-refractivity contribution in [2.24, 2.45) is 0 Å². The fraction of sp³-hybridized carbons (Fsp3) is 0.571. The fourth-order valence-electron chi connectivity index (χ4n) is 4.47. The first-order valence-corrected chi connectivity index (χ1v) is 12.5. The van der Waals surface area contributed by atoms with E-state index in [2.05, 4.69) is 42.5 Å². The molecule has 1 heterocycles. The van der Waals surface area contributed by atoms with Crippen LogP contribution in [0.25, 0.3) is 0 Å². The third kappa shape index (κ3) is 6.87. The van der Waals surface area contributed by atoms with E-state index in [0.717, 1.165) is 31.6 Å². The zero-order valence-corrected chi connectivity index (χ0v) is 20.2. The van der Waals surface area contributed by atoms with E-state index in [1.54, 1.807) is 0 Å². The molecule has 2 fully saturated rings. The molecule has 0 bridgehead atoms. The molecule has 0 unspecified atom stereocenters. The largest absolute Gasteiger partial charge is 0.394 e. The molecule has 1 saturated heterocycles. The predicted octanol–water partition coefficient (Wildman–Crippen LogP) is 4.30. The first-order valence-electron chi connectivity index (χ1n) is 12.5. The van der Waals surface area contributed by atoms with Crippen LogP contribution in [0.5, 0.6) is 0 Å². The predicted molar refractivity (Wildman–Crippen MR) is 131 cm³/mol. The minimum absolute atomic E-state index is 0.308. The summed E-state index contributed by atoms with van der Waals surface area (Å²) < 4.78 is 11.4. The number of hydrogen-bond acceptors (Lipinski definition) is 5. The molecule has 1 saturated carbocycles. The first-order chi connectivity index (χ1) is 16.1. The standard InChI is InChI=1S/C26H34O5.C2H6/c1-2-30-12-11-17-3-5-18(6-4-17)13-21-14-20(9-10-22(21)19-7-8-19)24-15-23(28)26(29)25(16-27)31-24;1-2/h3-6,9-10,14,19,23-29H,2,7-8,11-13,15-16H2,1H3;1-2H3/t23-,24-,25-,26+;/m1./s1. The van der Waals surface area contributed by atoms with Crippen molar-refractivity contribution in [2.75, 3.05) is 19.8 Å². The maximum absolute atomic E-state index is 10.2. The Morgan fingerprint density at radius 2 is 1.70 bits per heavy atom. The maximum Gasteiger partial charge on any atom is 0.110 e. The lowest BCUT2D eigenvalue weighted by Crippen LogP contribution is -2.47. The summed E-state index contributed by atoms with van der Waals surface area (Å²) in [6.45, 7) is 7.20. The highest BCUT2D eigenvalue weighted by Crippen LogP contribution is 2.43. The van der Waals surface area contributed by atoms with Gasteiger partial charge in [-0.15, -0.1) is 0 Å². The van der Waals surface area contributed by atoms with Crippen LogP contribution in [0.4, 0.5) is 0 Å². The molecule has 3 N–H and O–H groups in total. The second-order valence-corrected chi connectivity index (χ2v) is 8.81. The Morgan fingerprint density at radius 1 is 1.00 bits per heavy atom. The van der Waals surface area contributed by atoms with E-state index in [1.165, 1.54) is 35.1 Å². The number of aliphatic hydroxyl groups is 3. The lowest BCUT2D eigenvalue weighted by Gasteiger charge is -2.36. The zero-order valence-electron chi connectivity index (χ0n) is 20.2. The van der Waals surface area contributed by atoms with Gasteiger partial charge < -0.3 is 24.8 Å². The van der Waals surface area contributed by atoms with E-state index in [-0.39, 0.29) is 12.7 Å². The minimum atomic E-state index is -1.05.